The van der Waals surface area contributed by atoms with E-state index >= 15 is 0 Å². The normalized spacial score (nSPS) is 13.3. The fourth-order valence-corrected chi connectivity index (χ4v) is 4.38. The van der Waals surface area contributed by atoms with Gasteiger partial charge in [0.2, 0.25) is 0 Å². The van der Waals surface area contributed by atoms with Gasteiger partial charge in [0.1, 0.15) is 9.84 Å². The average molecular weight is 330 g/mol. The number of hydrogen-bond acceptors (Lipinski definition) is 4. The molecule has 1 unspecified atom stereocenters. The smallest absolute Gasteiger partial charge is 0.148 e. The van der Waals surface area contributed by atoms with Crippen molar-refractivity contribution in [2.75, 3.05) is 30.1 Å². The number of thioether (sulfide) groups is 1. The van der Waals surface area contributed by atoms with E-state index in [2.05, 4.69) is 43.4 Å². The molecule has 0 spiro atoms. The van der Waals surface area contributed by atoms with E-state index in [0.717, 1.165) is 25.1 Å². The molecule has 1 aromatic rings. The van der Waals surface area contributed by atoms with E-state index in [4.69, 9.17) is 0 Å². The molecule has 1 N–H and O–H groups in total. The molecular formula is C16H27NO2S2. The minimum Gasteiger partial charge on any atom is -0.309 e. The van der Waals surface area contributed by atoms with Gasteiger partial charge in [-0.3, -0.25) is 0 Å². The van der Waals surface area contributed by atoms with Crippen molar-refractivity contribution < 1.29 is 8.42 Å². The van der Waals surface area contributed by atoms with Gasteiger partial charge in [0.05, 0.1) is 5.75 Å². The van der Waals surface area contributed by atoms with Gasteiger partial charge in [0.25, 0.3) is 0 Å². The summed E-state index contributed by atoms with van der Waals surface area (Å²) in [5.41, 5.74) is 2.63. The third-order valence-corrected chi connectivity index (χ3v) is 5.58. The second-order valence-electron chi connectivity index (χ2n) is 5.31. The third-order valence-electron chi connectivity index (χ3n) is 3.31. The van der Waals surface area contributed by atoms with Crippen LogP contribution in [-0.2, 0) is 16.3 Å². The van der Waals surface area contributed by atoms with Gasteiger partial charge in [-0.15, -0.1) is 0 Å². The summed E-state index contributed by atoms with van der Waals surface area (Å²) in [6.07, 6.45) is 3.44. The van der Waals surface area contributed by atoms with Crippen LogP contribution in [0.3, 0.4) is 0 Å². The molecule has 0 radical (unpaired) electrons. The Hall–Kier alpha value is -0.520. The van der Waals surface area contributed by atoms with E-state index in [0.29, 0.717) is 11.8 Å². The van der Waals surface area contributed by atoms with Crippen LogP contribution in [0.1, 0.15) is 37.4 Å². The molecule has 0 saturated carbocycles. The summed E-state index contributed by atoms with van der Waals surface area (Å²) >= 11 is 1.70. The van der Waals surface area contributed by atoms with Crippen molar-refractivity contribution in [1.82, 2.24) is 5.32 Å². The van der Waals surface area contributed by atoms with Crippen LogP contribution < -0.4 is 5.32 Å². The van der Waals surface area contributed by atoms with Crippen LogP contribution in [0.5, 0.6) is 0 Å². The molecule has 0 fully saturated rings. The first-order valence-corrected chi connectivity index (χ1v) is 10.8. The molecule has 21 heavy (non-hydrogen) atoms. The lowest BCUT2D eigenvalue weighted by molar-refractivity contribution is 0.577. The third kappa shape index (κ3) is 7.88. The molecule has 5 heteroatoms. The Morgan fingerprint density at radius 2 is 1.86 bits per heavy atom. The molecule has 3 nitrogen and oxygen atoms in total. The fourth-order valence-electron chi connectivity index (χ4n) is 1.99. The molecule has 0 amide bonds. The van der Waals surface area contributed by atoms with E-state index < -0.39 is 9.84 Å². The lowest BCUT2D eigenvalue weighted by atomic mass is 10.0. The first-order chi connectivity index (χ1) is 9.96. The van der Waals surface area contributed by atoms with Crippen LogP contribution in [0.25, 0.3) is 0 Å². The van der Waals surface area contributed by atoms with Crippen molar-refractivity contribution in [3.63, 3.8) is 0 Å². The summed E-state index contributed by atoms with van der Waals surface area (Å²) in [4.78, 5) is 0. The van der Waals surface area contributed by atoms with Gasteiger partial charge >= 0.3 is 0 Å². The minimum atomic E-state index is -2.85. The molecule has 0 aliphatic heterocycles. The topological polar surface area (TPSA) is 46.2 Å². The predicted octanol–water partition coefficient (Wildman–Crippen LogP) is 3.07. The lowest BCUT2D eigenvalue weighted by Gasteiger charge is -2.19. The molecule has 0 aliphatic rings. The lowest BCUT2D eigenvalue weighted by Crippen LogP contribution is -2.24. The highest BCUT2D eigenvalue weighted by Crippen LogP contribution is 2.19. The van der Waals surface area contributed by atoms with Gasteiger partial charge in [0, 0.05) is 23.8 Å². The van der Waals surface area contributed by atoms with Gasteiger partial charge in [-0.2, -0.15) is 11.8 Å². The Morgan fingerprint density at radius 3 is 2.38 bits per heavy atom. The zero-order chi connectivity index (χ0) is 15.7. The molecule has 0 bridgehead atoms. The number of benzene rings is 1. The van der Waals surface area contributed by atoms with E-state index in [9.17, 15) is 8.42 Å². The van der Waals surface area contributed by atoms with Crippen molar-refractivity contribution in [3.8, 4) is 0 Å². The van der Waals surface area contributed by atoms with Crippen molar-refractivity contribution >= 4 is 21.6 Å². The highest BCUT2D eigenvalue weighted by atomic mass is 32.2. The van der Waals surface area contributed by atoms with Crippen LogP contribution in [-0.4, -0.2) is 38.5 Å². The van der Waals surface area contributed by atoms with E-state index in [1.165, 1.54) is 17.4 Å². The maximum absolute atomic E-state index is 11.2. The summed E-state index contributed by atoms with van der Waals surface area (Å²) in [6, 6.07) is 9.02. The van der Waals surface area contributed by atoms with Gasteiger partial charge < -0.3 is 5.32 Å². The summed E-state index contributed by atoms with van der Waals surface area (Å²) in [7, 11) is -2.85. The quantitative estimate of drug-likeness (QED) is 0.670. The molecule has 0 aromatic heterocycles. The zero-order valence-corrected chi connectivity index (χ0v) is 14.9. The van der Waals surface area contributed by atoms with Gasteiger partial charge in [-0.05, 0) is 30.5 Å². The Morgan fingerprint density at radius 1 is 1.19 bits per heavy atom. The number of hydrogen-bond donors (Lipinski definition) is 1. The van der Waals surface area contributed by atoms with Crippen molar-refractivity contribution in [2.45, 2.75) is 32.7 Å². The number of aryl methyl sites for hydroxylation is 1. The van der Waals surface area contributed by atoms with Crippen LogP contribution >= 0.6 is 11.8 Å². The van der Waals surface area contributed by atoms with Crippen molar-refractivity contribution in [2.24, 2.45) is 0 Å². The predicted molar refractivity (Wildman–Crippen MR) is 93.9 cm³/mol. The highest BCUT2D eigenvalue weighted by Gasteiger charge is 2.11. The largest absolute Gasteiger partial charge is 0.309 e. The van der Waals surface area contributed by atoms with E-state index in [1.807, 2.05) is 0 Å². The van der Waals surface area contributed by atoms with Crippen LogP contribution in [0, 0.1) is 0 Å². The summed E-state index contributed by atoms with van der Waals surface area (Å²) < 4.78 is 22.3. The van der Waals surface area contributed by atoms with Crippen LogP contribution in [0.4, 0.5) is 0 Å². The number of nitrogens with one attached hydrogen (secondary N) is 1. The first kappa shape index (κ1) is 18.5. The number of sulfone groups is 1. The van der Waals surface area contributed by atoms with Gasteiger partial charge in [-0.25, -0.2) is 8.42 Å². The highest BCUT2D eigenvalue weighted by molar-refractivity contribution is 8.00. The first-order valence-electron chi connectivity index (χ1n) is 7.54. The molecule has 0 heterocycles. The number of rotatable bonds is 10. The molecule has 120 valence electrons. The monoisotopic (exact) mass is 329 g/mol. The fraction of sp³-hybridized carbons (Fsp3) is 0.625. The maximum Gasteiger partial charge on any atom is 0.148 e. The van der Waals surface area contributed by atoms with Gasteiger partial charge in [-0.1, -0.05) is 38.1 Å². The molecule has 1 rings (SSSR count). The van der Waals surface area contributed by atoms with Crippen LogP contribution in [0.15, 0.2) is 24.3 Å². The Balaban J connectivity index is 2.57. The Labute approximate surface area is 133 Å². The molecule has 1 aromatic carbocycles. The Bertz CT molecular complexity index is 498. The van der Waals surface area contributed by atoms with Crippen molar-refractivity contribution in [3.05, 3.63) is 35.4 Å². The molecule has 0 saturated heterocycles. The zero-order valence-electron chi connectivity index (χ0n) is 13.3. The van der Waals surface area contributed by atoms with Crippen LogP contribution in [0.2, 0.25) is 0 Å². The molecule has 0 aliphatic carbocycles. The summed E-state index contributed by atoms with van der Waals surface area (Å²) in [5, 5.41) is 3.55. The Kier molecular flexibility index (Phi) is 8.37. The van der Waals surface area contributed by atoms with Crippen molar-refractivity contribution in [1.29, 1.82) is 0 Å². The SMILES string of the molecule is CCCNC(CSCCS(C)(=O)=O)c1ccc(CC)cc1. The summed E-state index contributed by atoms with van der Waals surface area (Å²) in [5.74, 6) is 1.82. The minimum absolute atomic E-state index is 0.257. The molecule has 1 atom stereocenters. The van der Waals surface area contributed by atoms with Gasteiger partial charge in [0.15, 0.2) is 0 Å². The molecular weight excluding hydrogens is 302 g/mol. The summed E-state index contributed by atoms with van der Waals surface area (Å²) in [6.45, 7) is 5.29. The standard InChI is InChI=1S/C16H27NO2S2/c1-4-10-17-16(13-20-11-12-21(3,18)19)15-8-6-14(5-2)7-9-15/h6-9,16-17H,4-5,10-13H2,1-3H3. The maximum atomic E-state index is 11.2. The second kappa shape index (κ2) is 9.49. The second-order valence-corrected chi connectivity index (χ2v) is 8.72. The average Bonchev–Trinajstić information content (AvgIpc) is 2.45. The van der Waals surface area contributed by atoms with E-state index in [-0.39, 0.29) is 5.75 Å². The van der Waals surface area contributed by atoms with E-state index in [1.54, 1.807) is 11.8 Å².